The average Bonchev–Trinajstić information content (AvgIpc) is 2.64. The molecule has 0 aliphatic heterocycles. The molecule has 4 nitrogen and oxygen atoms in total. The quantitative estimate of drug-likeness (QED) is 0.771. The minimum Gasteiger partial charge on any atom is -0.327 e. The molecule has 0 fully saturated rings. The highest BCUT2D eigenvalue weighted by molar-refractivity contribution is 5.85. The Bertz CT molecular complexity index is 641. The molecule has 1 unspecified atom stereocenters. The van der Waals surface area contributed by atoms with Crippen LogP contribution in [0.1, 0.15) is 30.5 Å². The second-order valence-corrected chi connectivity index (χ2v) is 5.53. The fraction of sp³-hybridized carbons (Fsp3) is 0.263. The van der Waals surface area contributed by atoms with Crippen molar-refractivity contribution in [1.82, 2.24) is 10.2 Å². The Morgan fingerprint density at radius 3 is 1.88 bits per heavy atom. The molecule has 2 rings (SSSR count). The van der Waals surface area contributed by atoms with Crippen LogP contribution in [-0.4, -0.2) is 29.8 Å². The molecule has 0 aliphatic rings. The van der Waals surface area contributed by atoms with E-state index in [1.165, 1.54) is 6.92 Å². The van der Waals surface area contributed by atoms with Gasteiger partial charge in [0.25, 0.3) is 6.43 Å². The summed E-state index contributed by atoms with van der Waals surface area (Å²) in [6.07, 6.45) is -2.67. The van der Waals surface area contributed by atoms with Gasteiger partial charge in [0.05, 0.1) is 6.04 Å². The maximum Gasteiger partial charge on any atom is 0.325 e. The molecule has 132 valence electrons. The first kappa shape index (κ1) is 18.6. The van der Waals surface area contributed by atoms with E-state index in [9.17, 15) is 18.4 Å². The molecule has 25 heavy (non-hydrogen) atoms. The average molecular weight is 346 g/mol. The van der Waals surface area contributed by atoms with Crippen molar-refractivity contribution in [1.29, 1.82) is 0 Å². The Balaban J connectivity index is 2.30. The number of urea groups is 1. The SMILES string of the molecule is CCC(C(F)F)N(C=O)C(=O)NC(c1ccccc1)c1ccccc1. The number of benzene rings is 2. The summed E-state index contributed by atoms with van der Waals surface area (Å²) in [6.45, 7) is 1.51. The van der Waals surface area contributed by atoms with E-state index in [0.29, 0.717) is 4.90 Å². The van der Waals surface area contributed by atoms with Gasteiger partial charge in [-0.1, -0.05) is 67.6 Å². The van der Waals surface area contributed by atoms with E-state index in [-0.39, 0.29) is 12.8 Å². The van der Waals surface area contributed by atoms with Crippen LogP contribution >= 0.6 is 0 Å². The molecule has 6 heteroatoms. The number of halogens is 2. The number of carbonyl (C=O) groups is 2. The van der Waals surface area contributed by atoms with E-state index in [1.54, 1.807) is 0 Å². The number of imide groups is 1. The lowest BCUT2D eigenvalue weighted by Crippen LogP contribution is -2.49. The summed E-state index contributed by atoms with van der Waals surface area (Å²) in [5, 5.41) is 2.69. The van der Waals surface area contributed by atoms with Gasteiger partial charge in [0.15, 0.2) is 0 Å². The summed E-state index contributed by atoms with van der Waals surface area (Å²) >= 11 is 0. The maximum absolute atomic E-state index is 13.1. The molecule has 0 saturated heterocycles. The van der Waals surface area contributed by atoms with Gasteiger partial charge in [-0.05, 0) is 17.5 Å². The first-order valence-corrected chi connectivity index (χ1v) is 8.00. The van der Waals surface area contributed by atoms with Crippen LogP contribution in [0.5, 0.6) is 0 Å². The lowest BCUT2D eigenvalue weighted by molar-refractivity contribution is -0.120. The zero-order chi connectivity index (χ0) is 18.2. The molecule has 0 radical (unpaired) electrons. The monoisotopic (exact) mass is 346 g/mol. The van der Waals surface area contributed by atoms with Crippen LogP contribution in [-0.2, 0) is 4.79 Å². The minimum absolute atomic E-state index is 0.0227. The normalized spacial score (nSPS) is 12.0. The highest BCUT2D eigenvalue weighted by atomic mass is 19.3. The summed E-state index contributed by atoms with van der Waals surface area (Å²) in [7, 11) is 0. The van der Waals surface area contributed by atoms with Gasteiger partial charge in [-0.25, -0.2) is 13.6 Å². The Kier molecular flexibility index (Phi) is 6.62. The molecule has 3 amide bonds. The van der Waals surface area contributed by atoms with E-state index in [0.717, 1.165) is 11.1 Å². The molecule has 2 aromatic rings. The lowest BCUT2D eigenvalue weighted by Gasteiger charge is -2.28. The van der Waals surface area contributed by atoms with Crippen LogP contribution in [0, 0.1) is 0 Å². The third-order valence-corrected chi connectivity index (χ3v) is 3.95. The summed E-state index contributed by atoms with van der Waals surface area (Å²) in [5.41, 5.74) is 1.58. The second-order valence-electron chi connectivity index (χ2n) is 5.53. The van der Waals surface area contributed by atoms with Crippen molar-refractivity contribution in [3.8, 4) is 0 Å². The van der Waals surface area contributed by atoms with Gasteiger partial charge in [-0.3, -0.25) is 9.69 Å². The molecular formula is C19H20F2N2O2. The van der Waals surface area contributed by atoms with Gasteiger partial charge >= 0.3 is 6.03 Å². The highest BCUT2D eigenvalue weighted by Gasteiger charge is 2.31. The topological polar surface area (TPSA) is 49.4 Å². The van der Waals surface area contributed by atoms with E-state index < -0.39 is 24.5 Å². The van der Waals surface area contributed by atoms with Crippen LogP contribution in [0.15, 0.2) is 60.7 Å². The van der Waals surface area contributed by atoms with Crippen molar-refractivity contribution in [3.63, 3.8) is 0 Å². The predicted molar refractivity (Wildman–Crippen MR) is 91.2 cm³/mol. The zero-order valence-corrected chi connectivity index (χ0v) is 13.8. The fourth-order valence-corrected chi connectivity index (χ4v) is 2.62. The number of nitrogens with zero attached hydrogens (tertiary/aromatic N) is 1. The summed E-state index contributed by atoms with van der Waals surface area (Å²) in [5.74, 6) is 0. The van der Waals surface area contributed by atoms with E-state index in [1.807, 2.05) is 60.7 Å². The number of hydrogen-bond donors (Lipinski definition) is 1. The largest absolute Gasteiger partial charge is 0.327 e. The molecule has 1 N–H and O–H groups in total. The van der Waals surface area contributed by atoms with Crippen LogP contribution in [0.2, 0.25) is 0 Å². The van der Waals surface area contributed by atoms with Gasteiger partial charge < -0.3 is 5.32 Å². The molecule has 0 aromatic heterocycles. The van der Waals surface area contributed by atoms with E-state index in [2.05, 4.69) is 5.32 Å². The van der Waals surface area contributed by atoms with Crippen molar-refractivity contribution in [3.05, 3.63) is 71.8 Å². The standard InChI is InChI=1S/C19H20F2N2O2/c1-2-16(18(20)21)23(13-24)19(25)22-17(14-9-5-3-6-10-14)15-11-7-4-8-12-15/h3-13,16-18H,2H2,1H3,(H,22,25). The molecular weight excluding hydrogens is 326 g/mol. The Morgan fingerprint density at radius 2 is 1.52 bits per heavy atom. The third kappa shape index (κ3) is 4.62. The van der Waals surface area contributed by atoms with Crippen molar-refractivity contribution >= 4 is 12.4 Å². The van der Waals surface area contributed by atoms with Crippen molar-refractivity contribution < 1.29 is 18.4 Å². The minimum atomic E-state index is -2.80. The second kappa shape index (κ2) is 8.92. The van der Waals surface area contributed by atoms with E-state index in [4.69, 9.17) is 0 Å². The summed E-state index contributed by atoms with van der Waals surface area (Å²) in [6, 6.07) is 15.4. The number of rotatable bonds is 7. The van der Waals surface area contributed by atoms with Crippen LogP contribution < -0.4 is 5.32 Å². The van der Waals surface area contributed by atoms with Crippen molar-refractivity contribution in [2.75, 3.05) is 0 Å². The molecule has 2 aromatic carbocycles. The first-order valence-electron chi connectivity index (χ1n) is 8.00. The van der Waals surface area contributed by atoms with Gasteiger partial charge in [0, 0.05) is 0 Å². The molecule has 1 atom stereocenters. The van der Waals surface area contributed by atoms with Crippen molar-refractivity contribution in [2.45, 2.75) is 31.9 Å². The van der Waals surface area contributed by atoms with Crippen LogP contribution in [0.25, 0.3) is 0 Å². The Labute approximate surface area is 145 Å². The third-order valence-electron chi connectivity index (χ3n) is 3.95. The molecule has 0 saturated carbocycles. The predicted octanol–water partition coefficient (Wildman–Crippen LogP) is 3.99. The molecule has 0 aliphatic carbocycles. The number of hydrogen-bond acceptors (Lipinski definition) is 2. The number of amides is 3. The van der Waals surface area contributed by atoms with Crippen molar-refractivity contribution in [2.24, 2.45) is 0 Å². The fourth-order valence-electron chi connectivity index (χ4n) is 2.62. The lowest BCUT2D eigenvalue weighted by atomic mass is 9.99. The smallest absolute Gasteiger partial charge is 0.325 e. The first-order chi connectivity index (χ1) is 12.1. The summed E-state index contributed by atoms with van der Waals surface area (Å²) in [4.78, 5) is 24.3. The molecule has 0 heterocycles. The zero-order valence-electron chi connectivity index (χ0n) is 13.8. The Hall–Kier alpha value is -2.76. The molecule has 0 spiro atoms. The van der Waals surface area contributed by atoms with Crippen LogP contribution in [0.4, 0.5) is 13.6 Å². The number of alkyl halides is 2. The van der Waals surface area contributed by atoms with Gasteiger partial charge in [-0.15, -0.1) is 0 Å². The van der Waals surface area contributed by atoms with Gasteiger partial charge in [0.1, 0.15) is 6.04 Å². The number of carbonyl (C=O) groups excluding carboxylic acids is 2. The van der Waals surface area contributed by atoms with Gasteiger partial charge in [-0.2, -0.15) is 0 Å². The highest BCUT2D eigenvalue weighted by Crippen LogP contribution is 2.22. The Morgan fingerprint density at radius 1 is 1.04 bits per heavy atom. The molecule has 0 bridgehead atoms. The maximum atomic E-state index is 13.1. The van der Waals surface area contributed by atoms with Crippen LogP contribution in [0.3, 0.4) is 0 Å². The van der Waals surface area contributed by atoms with Gasteiger partial charge in [0.2, 0.25) is 6.41 Å². The van der Waals surface area contributed by atoms with E-state index >= 15 is 0 Å². The number of nitrogens with one attached hydrogen (secondary N) is 1. The summed E-state index contributed by atoms with van der Waals surface area (Å²) < 4.78 is 26.2.